The SMILES string of the molecule is C=C(F)C(O)(c1ccc2c(c1)CCCCN2C(=O)c1cccnc1)C(F)(F)F. The number of carbonyl (C=O) groups is 1. The first-order valence-electron chi connectivity index (χ1n) is 8.65. The lowest BCUT2D eigenvalue weighted by Gasteiger charge is -2.30. The summed E-state index contributed by atoms with van der Waals surface area (Å²) in [6, 6.07) is 6.60. The zero-order valence-electron chi connectivity index (χ0n) is 14.8. The van der Waals surface area contributed by atoms with Crippen LogP contribution in [0.5, 0.6) is 0 Å². The van der Waals surface area contributed by atoms with Crippen molar-refractivity contribution in [1.29, 1.82) is 0 Å². The molecule has 2 aromatic rings. The molecule has 1 atom stereocenters. The Bertz CT molecular complexity index is 899. The highest BCUT2D eigenvalue weighted by molar-refractivity contribution is 6.06. The summed E-state index contributed by atoms with van der Waals surface area (Å²) in [4.78, 5) is 18.2. The number of halogens is 4. The van der Waals surface area contributed by atoms with Crippen molar-refractivity contribution in [3.8, 4) is 0 Å². The van der Waals surface area contributed by atoms with Gasteiger partial charge in [-0.2, -0.15) is 13.2 Å². The predicted molar refractivity (Wildman–Crippen MR) is 95.5 cm³/mol. The highest BCUT2D eigenvalue weighted by atomic mass is 19.4. The van der Waals surface area contributed by atoms with Crippen LogP contribution in [0.15, 0.2) is 55.1 Å². The van der Waals surface area contributed by atoms with Gasteiger partial charge in [0.15, 0.2) is 0 Å². The van der Waals surface area contributed by atoms with Crippen molar-refractivity contribution in [1.82, 2.24) is 4.98 Å². The van der Waals surface area contributed by atoms with Gasteiger partial charge in [-0.1, -0.05) is 18.7 Å². The largest absolute Gasteiger partial charge is 0.428 e. The van der Waals surface area contributed by atoms with Crippen LogP contribution in [0.2, 0.25) is 0 Å². The summed E-state index contributed by atoms with van der Waals surface area (Å²) >= 11 is 0. The molecule has 0 aliphatic carbocycles. The van der Waals surface area contributed by atoms with E-state index in [9.17, 15) is 27.5 Å². The van der Waals surface area contributed by atoms with Crippen molar-refractivity contribution >= 4 is 11.6 Å². The molecule has 4 nitrogen and oxygen atoms in total. The van der Waals surface area contributed by atoms with Crippen LogP contribution in [-0.4, -0.2) is 28.7 Å². The Morgan fingerprint density at radius 2 is 1.96 bits per heavy atom. The molecule has 8 heteroatoms. The quantitative estimate of drug-likeness (QED) is 0.790. The second-order valence-corrected chi connectivity index (χ2v) is 6.61. The highest BCUT2D eigenvalue weighted by Gasteiger charge is 2.58. The summed E-state index contributed by atoms with van der Waals surface area (Å²) in [5.74, 6) is -2.23. The van der Waals surface area contributed by atoms with Crippen LogP contribution in [-0.2, 0) is 12.0 Å². The number of alkyl halides is 3. The average Bonchev–Trinajstić information content (AvgIpc) is 2.88. The summed E-state index contributed by atoms with van der Waals surface area (Å²) < 4.78 is 53.7. The zero-order chi connectivity index (χ0) is 20.5. The molecule has 0 saturated heterocycles. The molecule has 28 heavy (non-hydrogen) atoms. The van der Waals surface area contributed by atoms with Crippen molar-refractivity contribution in [2.75, 3.05) is 11.4 Å². The first kappa shape index (κ1) is 20.0. The molecule has 1 N–H and O–H groups in total. The number of amides is 1. The highest BCUT2D eigenvalue weighted by Crippen LogP contribution is 2.45. The number of aromatic nitrogens is 1. The van der Waals surface area contributed by atoms with Crippen molar-refractivity contribution in [2.24, 2.45) is 0 Å². The summed E-state index contributed by atoms with van der Waals surface area (Å²) in [6.45, 7) is 3.06. The number of nitrogens with zero attached hydrogens (tertiary/aromatic N) is 2. The third kappa shape index (κ3) is 3.40. The Hall–Kier alpha value is -2.74. The Kier molecular flexibility index (Phi) is 5.25. The number of hydrogen-bond acceptors (Lipinski definition) is 3. The number of benzene rings is 1. The second-order valence-electron chi connectivity index (χ2n) is 6.61. The van der Waals surface area contributed by atoms with E-state index in [2.05, 4.69) is 11.6 Å². The molecular weight excluding hydrogens is 376 g/mol. The molecular formula is C20H18F4N2O2. The van der Waals surface area contributed by atoms with Crippen molar-refractivity contribution < 1.29 is 27.5 Å². The van der Waals surface area contributed by atoms with Crippen LogP contribution in [0.3, 0.4) is 0 Å². The van der Waals surface area contributed by atoms with E-state index in [0.717, 1.165) is 12.1 Å². The first-order chi connectivity index (χ1) is 13.2. The van der Waals surface area contributed by atoms with Gasteiger partial charge in [-0.3, -0.25) is 9.78 Å². The van der Waals surface area contributed by atoms with E-state index in [0.29, 0.717) is 42.6 Å². The van der Waals surface area contributed by atoms with E-state index in [1.165, 1.54) is 23.4 Å². The third-order valence-corrected chi connectivity index (χ3v) is 4.82. The summed E-state index contributed by atoms with van der Waals surface area (Å²) in [6.07, 6.45) is -0.655. The van der Waals surface area contributed by atoms with E-state index in [1.807, 2.05) is 0 Å². The van der Waals surface area contributed by atoms with Crippen LogP contribution in [0.1, 0.15) is 34.3 Å². The number of aliphatic hydroxyl groups is 1. The van der Waals surface area contributed by atoms with Gasteiger partial charge in [0.1, 0.15) is 5.83 Å². The van der Waals surface area contributed by atoms with Crippen LogP contribution in [0.25, 0.3) is 0 Å². The molecule has 1 unspecified atom stereocenters. The number of anilines is 1. The fourth-order valence-electron chi connectivity index (χ4n) is 3.31. The molecule has 0 radical (unpaired) electrons. The minimum absolute atomic E-state index is 0.329. The van der Waals surface area contributed by atoms with Gasteiger partial charge in [0.25, 0.3) is 5.91 Å². The molecule has 0 bridgehead atoms. The normalized spacial score (nSPS) is 16.7. The van der Waals surface area contributed by atoms with Crippen molar-refractivity contribution in [3.63, 3.8) is 0 Å². The lowest BCUT2D eigenvalue weighted by atomic mass is 9.89. The van der Waals surface area contributed by atoms with Crippen molar-refractivity contribution in [2.45, 2.75) is 31.0 Å². The molecule has 1 aromatic carbocycles. The summed E-state index contributed by atoms with van der Waals surface area (Å²) in [5, 5.41) is 10.0. The maximum Gasteiger partial charge on any atom is 0.428 e. The average molecular weight is 394 g/mol. The van der Waals surface area contributed by atoms with E-state index in [1.54, 1.807) is 12.1 Å². The lowest BCUT2D eigenvalue weighted by molar-refractivity contribution is -0.255. The van der Waals surface area contributed by atoms with E-state index in [-0.39, 0.29) is 5.91 Å². The molecule has 0 saturated carbocycles. The Morgan fingerprint density at radius 1 is 1.21 bits per heavy atom. The molecule has 0 spiro atoms. The minimum Gasteiger partial charge on any atom is -0.370 e. The van der Waals surface area contributed by atoms with Gasteiger partial charge >= 0.3 is 6.18 Å². The van der Waals surface area contributed by atoms with E-state index >= 15 is 0 Å². The van der Waals surface area contributed by atoms with E-state index in [4.69, 9.17) is 0 Å². The molecule has 0 fully saturated rings. The Morgan fingerprint density at radius 3 is 2.57 bits per heavy atom. The fraction of sp³-hybridized carbons (Fsp3) is 0.300. The van der Waals surface area contributed by atoms with Crippen LogP contribution in [0.4, 0.5) is 23.2 Å². The summed E-state index contributed by atoms with van der Waals surface area (Å²) in [5.41, 5.74) is -3.25. The first-order valence-corrected chi connectivity index (χ1v) is 8.65. The molecule has 1 amide bonds. The minimum atomic E-state index is -5.27. The molecule has 1 aliphatic rings. The Balaban J connectivity index is 2.07. The third-order valence-electron chi connectivity index (χ3n) is 4.82. The number of rotatable bonds is 3. The van der Waals surface area contributed by atoms with E-state index < -0.39 is 23.2 Å². The maximum absolute atomic E-state index is 13.6. The van der Waals surface area contributed by atoms with Gasteiger partial charge < -0.3 is 10.0 Å². The van der Waals surface area contributed by atoms with Gasteiger partial charge in [-0.15, -0.1) is 0 Å². The number of carbonyl (C=O) groups excluding carboxylic acids is 1. The topological polar surface area (TPSA) is 53.4 Å². The van der Waals surface area contributed by atoms with Crippen LogP contribution in [0, 0.1) is 0 Å². The lowest BCUT2D eigenvalue weighted by Crippen LogP contribution is -2.43. The second kappa shape index (κ2) is 7.35. The van der Waals surface area contributed by atoms with Gasteiger partial charge in [-0.05, 0) is 43.0 Å². The van der Waals surface area contributed by atoms with Gasteiger partial charge in [0, 0.05) is 30.2 Å². The van der Waals surface area contributed by atoms with Gasteiger partial charge in [0.05, 0.1) is 5.56 Å². The van der Waals surface area contributed by atoms with Crippen LogP contribution >= 0.6 is 0 Å². The standard InChI is InChI=1S/C20H18F4N2O2/c1-13(21)19(28,20(22,23)24)16-7-8-17-14(11-16)5-2-3-10-26(17)18(27)15-6-4-9-25-12-15/h4,6-9,11-12,28H,1-3,5,10H2. The maximum atomic E-state index is 13.6. The number of hydrogen-bond donors (Lipinski definition) is 1. The summed E-state index contributed by atoms with van der Waals surface area (Å²) in [7, 11) is 0. The monoisotopic (exact) mass is 394 g/mol. The fourth-order valence-corrected chi connectivity index (χ4v) is 3.31. The van der Waals surface area contributed by atoms with Gasteiger partial charge in [0.2, 0.25) is 5.60 Å². The number of aryl methyl sites for hydroxylation is 1. The molecule has 1 aliphatic heterocycles. The molecule has 3 rings (SSSR count). The smallest absolute Gasteiger partial charge is 0.370 e. The van der Waals surface area contributed by atoms with Crippen molar-refractivity contribution in [3.05, 3.63) is 71.8 Å². The molecule has 1 aromatic heterocycles. The number of fused-ring (bicyclic) bond motifs is 1. The number of pyridine rings is 1. The van der Waals surface area contributed by atoms with Crippen LogP contribution < -0.4 is 4.90 Å². The predicted octanol–water partition coefficient (Wildman–Crippen LogP) is 4.30. The molecule has 2 heterocycles. The Labute approximate surface area is 159 Å². The van der Waals surface area contributed by atoms with Gasteiger partial charge in [-0.25, -0.2) is 4.39 Å². The zero-order valence-corrected chi connectivity index (χ0v) is 14.8. The molecule has 148 valence electrons.